The molecule has 0 bridgehead atoms. The molecule has 0 saturated carbocycles. The molecule has 0 spiro atoms. The first-order valence-corrected chi connectivity index (χ1v) is 4.71. The zero-order valence-corrected chi connectivity index (χ0v) is 9.49. The number of hydrogen-bond donors (Lipinski definition) is 1. The van der Waals surface area contributed by atoms with Gasteiger partial charge in [0.25, 0.3) is 5.92 Å². The molecule has 15 heavy (non-hydrogen) atoms. The minimum absolute atomic E-state index is 0. The average Bonchev–Trinajstić information content (AvgIpc) is 2.14. The molecule has 1 aromatic carbocycles. The van der Waals surface area contributed by atoms with Gasteiger partial charge in [-0.1, -0.05) is 24.3 Å². The lowest BCUT2D eigenvalue weighted by Crippen LogP contribution is -2.06. The second-order valence-corrected chi connectivity index (χ2v) is 3.48. The van der Waals surface area contributed by atoms with Crippen molar-refractivity contribution in [1.82, 2.24) is 0 Å². The van der Waals surface area contributed by atoms with Crippen LogP contribution in [0.2, 0.25) is 0 Å². The first-order chi connectivity index (χ1) is 6.54. The predicted octanol–water partition coefficient (Wildman–Crippen LogP) is 3.11. The molecular formula is C11H16ClF2N. The number of alkyl halides is 2. The largest absolute Gasteiger partial charge is 0.330 e. The minimum Gasteiger partial charge on any atom is -0.330 e. The highest BCUT2D eigenvalue weighted by Crippen LogP contribution is 2.26. The highest BCUT2D eigenvalue weighted by Gasteiger charge is 2.23. The van der Waals surface area contributed by atoms with Crippen LogP contribution in [0.1, 0.15) is 24.5 Å². The van der Waals surface area contributed by atoms with Crippen LogP contribution in [-0.2, 0) is 12.3 Å². The third kappa shape index (κ3) is 4.58. The van der Waals surface area contributed by atoms with Crippen molar-refractivity contribution in [3.05, 3.63) is 35.4 Å². The lowest BCUT2D eigenvalue weighted by atomic mass is 10.0. The summed E-state index contributed by atoms with van der Waals surface area (Å²) < 4.78 is 25.6. The van der Waals surface area contributed by atoms with E-state index in [1.165, 1.54) is 12.1 Å². The molecule has 0 amide bonds. The van der Waals surface area contributed by atoms with Gasteiger partial charge >= 0.3 is 0 Å². The Bertz CT molecular complexity index is 280. The summed E-state index contributed by atoms with van der Waals surface area (Å²) in [7, 11) is 0. The molecule has 2 N–H and O–H groups in total. The fourth-order valence-electron chi connectivity index (χ4n) is 1.27. The Hall–Kier alpha value is -0.670. The van der Waals surface area contributed by atoms with E-state index < -0.39 is 5.92 Å². The summed E-state index contributed by atoms with van der Waals surface area (Å²) in [5.41, 5.74) is 6.48. The highest BCUT2D eigenvalue weighted by molar-refractivity contribution is 5.85. The van der Waals surface area contributed by atoms with Crippen molar-refractivity contribution in [2.75, 3.05) is 6.54 Å². The normalized spacial score (nSPS) is 10.9. The van der Waals surface area contributed by atoms with E-state index in [-0.39, 0.29) is 18.0 Å². The highest BCUT2D eigenvalue weighted by atomic mass is 35.5. The summed E-state index contributed by atoms with van der Waals surface area (Å²) in [4.78, 5) is 0. The molecule has 86 valence electrons. The maximum atomic E-state index is 12.8. The number of hydrogen-bond acceptors (Lipinski definition) is 1. The Morgan fingerprint density at radius 1 is 1.20 bits per heavy atom. The molecular weight excluding hydrogens is 220 g/mol. The van der Waals surface area contributed by atoms with Crippen molar-refractivity contribution in [3.8, 4) is 0 Å². The standard InChI is InChI=1S/C11H15F2N.ClH/c1-11(12,13)10-6-4-9(5-7-10)3-2-8-14;/h4-7H,2-3,8,14H2,1H3;1H. The molecule has 0 aromatic heterocycles. The minimum atomic E-state index is -2.74. The molecule has 0 heterocycles. The topological polar surface area (TPSA) is 26.0 Å². The van der Waals surface area contributed by atoms with E-state index in [9.17, 15) is 8.78 Å². The van der Waals surface area contributed by atoms with Crippen LogP contribution in [0.4, 0.5) is 8.78 Å². The Morgan fingerprint density at radius 3 is 2.13 bits per heavy atom. The quantitative estimate of drug-likeness (QED) is 0.853. The lowest BCUT2D eigenvalue weighted by Gasteiger charge is -2.10. The van der Waals surface area contributed by atoms with Crippen LogP contribution >= 0.6 is 12.4 Å². The Balaban J connectivity index is 0.00000196. The second-order valence-electron chi connectivity index (χ2n) is 3.48. The number of benzene rings is 1. The number of aryl methyl sites for hydroxylation is 1. The van der Waals surface area contributed by atoms with Gasteiger partial charge in [0.1, 0.15) is 0 Å². The molecule has 0 unspecified atom stereocenters. The van der Waals surface area contributed by atoms with Crippen molar-refractivity contribution in [1.29, 1.82) is 0 Å². The molecule has 1 aromatic rings. The van der Waals surface area contributed by atoms with E-state index in [4.69, 9.17) is 5.73 Å². The Morgan fingerprint density at radius 2 is 1.73 bits per heavy atom. The molecule has 0 saturated heterocycles. The number of halogens is 3. The van der Waals surface area contributed by atoms with Crippen LogP contribution in [-0.4, -0.2) is 6.54 Å². The van der Waals surface area contributed by atoms with Crippen molar-refractivity contribution in [3.63, 3.8) is 0 Å². The maximum absolute atomic E-state index is 12.8. The molecule has 0 atom stereocenters. The van der Waals surface area contributed by atoms with Crippen LogP contribution in [0.3, 0.4) is 0 Å². The number of rotatable bonds is 4. The van der Waals surface area contributed by atoms with Gasteiger partial charge in [0.05, 0.1) is 0 Å². The molecule has 0 aliphatic rings. The van der Waals surface area contributed by atoms with Gasteiger partial charge in [-0.15, -0.1) is 12.4 Å². The first kappa shape index (κ1) is 14.3. The van der Waals surface area contributed by atoms with E-state index >= 15 is 0 Å². The van der Waals surface area contributed by atoms with Crippen molar-refractivity contribution in [2.45, 2.75) is 25.7 Å². The van der Waals surface area contributed by atoms with Crippen molar-refractivity contribution >= 4 is 12.4 Å². The molecule has 0 aliphatic heterocycles. The van der Waals surface area contributed by atoms with Crippen molar-refractivity contribution < 1.29 is 8.78 Å². The SMILES string of the molecule is CC(F)(F)c1ccc(CCCN)cc1.Cl. The molecule has 1 rings (SSSR count). The van der Waals surface area contributed by atoms with Gasteiger partial charge in [0.15, 0.2) is 0 Å². The smallest absolute Gasteiger partial charge is 0.270 e. The molecule has 0 radical (unpaired) electrons. The van der Waals surface area contributed by atoms with Gasteiger partial charge in [-0.2, -0.15) is 0 Å². The van der Waals surface area contributed by atoms with Gasteiger partial charge in [-0.25, -0.2) is 8.78 Å². The summed E-state index contributed by atoms with van der Waals surface area (Å²) in [6.45, 7) is 1.54. The van der Waals surface area contributed by atoms with Crippen LogP contribution in [0.15, 0.2) is 24.3 Å². The third-order valence-electron chi connectivity index (χ3n) is 2.13. The lowest BCUT2D eigenvalue weighted by molar-refractivity contribution is 0.0174. The summed E-state index contributed by atoms with van der Waals surface area (Å²) in [6.07, 6.45) is 1.74. The van der Waals surface area contributed by atoms with E-state index in [0.29, 0.717) is 6.54 Å². The van der Waals surface area contributed by atoms with Crippen LogP contribution in [0.25, 0.3) is 0 Å². The molecule has 1 nitrogen and oxygen atoms in total. The van der Waals surface area contributed by atoms with E-state index in [0.717, 1.165) is 25.3 Å². The predicted molar refractivity (Wildman–Crippen MR) is 60.6 cm³/mol. The van der Waals surface area contributed by atoms with Gasteiger partial charge in [-0.05, 0) is 24.9 Å². The second kappa shape index (κ2) is 6.03. The zero-order valence-electron chi connectivity index (χ0n) is 8.67. The average molecular weight is 236 g/mol. The third-order valence-corrected chi connectivity index (χ3v) is 2.13. The molecule has 0 fully saturated rings. The summed E-state index contributed by atoms with van der Waals surface area (Å²) in [5.74, 6) is -2.74. The van der Waals surface area contributed by atoms with Gasteiger partial charge < -0.3 is 5.73 Å². The van der Waals surface area contributed by atoms with E-state index in [1.807, 2.05) is 0 Å². The van der Waals surface area contributed by atoms with E-state index in [1.54, 1.807) is 12.1 Å². The Labute approximate surface area is 95.1 Å². The molecule has 0 aliphatic carbocycles. The fraction of sp³-hybridized carbons (Fsp3) is 0.455. The van der Waals surface area contributed by atoms with Crippen LogP contribution in [0.5, 0.6) is 0 Å². The van der Waals surface area contributed by atoms with Gasteiger partial charge in [0, 0.05) is 12.5 Å². The summed E-state index contributed by atoms with van der Waals surface area (Å²) >= 11 is 0. The summed E-state index contributed by atoms with van der Waals surface area (Å²) in [5, 5.41) is 0. The van der Waals surface area contributed by atoms with Gasteiger partial charge in [0.2, 0.25) is 0 Å². The molecule has 4 heteroatoms. The fourth-order valence-corrected chi connectivity index (χ4v) is 1.27. The van der Waals surface area contributed by atoms with E-state index in [2.05, 4.69) is 0 Å². The monoisotopic (exact) mass is 235 g/mol. The van der Waals surface area contributed by atoms with Crippen molar-refractivity contribution in [2.24, 2.45) is 5.73 Å². The Kier molecular flexibility index (Phi) is 5.76. The zero-order chi connectivity index (χ0) is 10.6. The summed E-state index contributed by atoms with van der Waals surface area (Å²) in [6, 6.07) is 6.43. The van der Waals surface area contributed by atoms with Gasteiger partial charge in [-0.3, -0.25) is 0 Å². The van der Waals surface area contributed by atoms with Crippen LogP contribution < -0.4 is 5.73 Å². The first-order valence-electron chi connectivity index (χ1n) is 4.71. The maximum Gasteiger partial charge on any atom is 0.270 e. The number of nitrogens with two attached hydrogens (primary N) is 1. The van der Waals surface area contributed by atoms with Crippen LogP contribution in [0, 0.1) is 0 Å².